The number of aliphatic hydroxyl groups excluding tert-OH is 1. The predicted molar refractivity (Wildman–Crippen MR) is 76.1 cm³/mol. The van der Waals surface area contributed by atoms with Crippen LogP contribution in [0.3, 0.4) is 0 Å². The van der Waals surface area contributed by atoms with Gasteiger partial charge in [0.1, 0.15) is 6.10 Å². The molecule has 1 nitrogen and oxygen atoms in total. The molecule has 0 bridgehead atoms. The summed E-state index contributed by atoms with van der Waals surface area (Å²) in [5, 5.41) is 11.1. The summed E-state index contributed by atoms with van der Waals surface area (Å²) in [5.41, 5.74) is 4.04. The molecular weight excluding hydrogens is 244 g/mol. The maximum absolute atomic E-state index is 10.4. The number of aliphatic hydroxyl groups is 1. The maximum atomic E-state index is 10.4. The van der Waals surface area contributed by atoms with Gasteiger partial charge in [0.05, 0.1) is 0 Å². The number of aryl methyl sites for hydroxylation is 2. The molecule has 0 aliphatic carbocycles. The van der Waals surface area contributed by atoms with Gasteiger partial charge in [0, 0.05) is 5.02 Å². The molecule has 0 fully saturated rings. The van der Waals surface area contributed by atoms with Crippen molar-refractivity contribution in [1.82, 2.24) is 0 Å². The molecule has 18 heavy (non-hydrogen) atoms. The van der Waals surface area contributed by atoms with Gasteiger partial charge >= 0.3 is 0 Å². The smallest absolute Gasteiger partial charge is 0.104 e. The van der Waals surface area contributed by atoms with Crippen LogP contribution in [0.2, 0.25) is 5.02 Å². The molecule has 2 aromatic rings. The first kappa shape index (κ1) is 13.1. The van der Waals surface area contributed by atoms with E-state index < -0.39 is 6.10 Å². The Morgan fingerprint density at radius 1 is 1.11 bits per heavy atom. The summed E-state index contributed by atoms with van der Waals surface area (Å²) >= 11 is 6.03. The van der Waals surface area contributed by atoms with Crippen LogP contribution in [-0.2, 0) is 6.42 Å². The molecule has 0 saturated carbocycles. The fraction of sp³-hybridized carbons (Fsp3) is 0.250. The Labute approximate surface area is 113 Å². The predicted octanol–water partition coefficient (Wildman–Crippen LogP) is 4.29. The Hall–Kier alpha value is -1.31. The number of hydrogen-bond donors (Lipinski definition) is 1. The van der Waals surface area contributed by atoms with Gasteiger partial charge in [0.2, 0.25) is 0 Å². The lowest BCUT2D eigenvalue weighted by Gasteiger charge is -2.13. The summed E-state index contributed by atoms with van der Waals surface area (Å²) in [7, 11) is 0. The largest absolute Gasteiger partial charge is 0.384 e. The average Bonchev–Trinajstić information content (AvgIpc) is 2.37. The van der Waals surface area contributed by atoms with Crippen LogP contribution in [0.1, 0.15) is 35.3 Å². The average molecular weight is 261 g/mol. The Morgan fingerprint density at radius 3 is 2.56 bits per heavy atom. The second kappa shape index (κ2) is 5.55. The van der Waals surface area contributed by atoms with Crippen molar-refractivity contribution in [2.75, 3.05) is 0 Å². The third-order valence-electron chi connectivity index (χ3n) is 3.06. The maximum Gasteiger partial charge on any atom is 0.104 e. The summed E-state index contributed by atoms with van der Waals surface area (Å²) in [6, 6.07) is 13.7. The van der Waals surface area contributed by atoms with Crippen LogP contribution in [0.25, 0.3) is 0 Å². The molecule has 0 spiro atoms. The van der Waals surface area contributed by atoms with Gasteiger partial charge in [-0.25, -0.2) is 0 Å². The third-order valence-corrected chi connectivity index (χ3v) is 3.27. The molecular formula is C16H17ClO. The van der Waals surface area contributed by atoms with E-state index in [9.17, 15) is 5.11 Å². The van der Waals surface area contributed by atoms with Crippen molar-refractivity contribution in [1.29, 1.82) is 0 Å². The monoisotopic (exact) mass is 260 g/mol. The van der Waals surface area contributed by atoms with E-state index in [1.54, 1.807) is 0 Å². The highest BCUT2D eigenvalue weighted by Gasteiger charge is 2.11. The summed E-state index contributed by atoms with van der Waals surface area (Å²) in [5.74, 6) is 0. The molecule has 2 rings (SSSR count). The quantitative estimate of drug-likeness (QED) is 0.873. The molecule has 0 heterocycles. The summed E-state index contributed by atoms with van der Waals surface area (Å²) in [4.78, 5) is 0. The van der Waals surface area contributed by atoms with E-state index in [-0.39, 0.29) is 0 Å². The van der Waals surface area contributed by atoms with Crippen LogP contribution in [-0.4, -0.2) is 5.11 Å². The molecule has 2 aromatic carbocycles. The van der Waals surface area contributed by atoms with Gasteiger partial charge in [0.15, 0.2) is 0 Å². The lowest BCUT2D eigenvalue weighted by molar-refractivity contribution is 0.220. The molecule has 0 aliphatic heterocycles. The molecule has 0 saturated heterocycles. The SMILES string of the molecule is CCc1cccc(C(O)c2cc(C)cc(Cl)c2)c1. The Balaban J connectivity index is 2.37. The summed E-state index contributed by atoms with van der Waals surface area (Å²) < 4.78 is 0. The van der Waals surface area contributed by atoms with E-state index in [2.05, 4.69) is 13.0 Å². The van der Waals surface area contributed by atoms with Gasteiger partial charge in [-0.05, 0) is 47.7 Å². The van der Waals surface area contributed by atoms with Crippen LogP contribution in [0.15, 0.2) is 42.5 Å². The normalized spacial score (nSPS) is 12.4. The van der Waals surface area contributed by atoms with Crippen molar-refractivity contribution in [3.8, 4) is 0 Å². The minimum atomic E-state index is -0.617. The van der Waals surface area contributed by atoms with Crippen LogP contribution in [0, 0.1) is 6.92 Å². The highest BCUT2D eigenvalue weighted by atomic mass is 35.5. The topological polar surface area (TPSA) is 20.2 Å². The molecule has 1 atom stereocenters. The first-order chi connectivity index (χ1) is 8.60. The van der Waals surface area contributed by atoms with Gasteiger partial charge in [-0.1, -0.05) is 48.9 Å². The zero-order valence-corrected chi connectivity index (χ0v) is 11.4. The van der Waals surface area contributed by atoms with E-state index in [0.29, 0.717) is 5.02 Å². The fourth-order valence-electron chi connectivity index (χ4n) is 2.10. The van der Waals surface area contributed by atoms with Crippen molar-refractivity contribution < 1.29 is 5.11 Å². The first-order valence-electron chi connectivity index (χ1n) is 6.14. The van der Waals surface area contributed by atoms with Crippen LogP contribution in [0.4, 0.5) is 0 Å². The molecule has 0 radical (unpaired) electrons. The zero-order chi connectivity index (χ0) is 13.1. The van der Waals surface area contributed by atoms with E-state index in [4.69, 9.17) is 11.6 Å². The lowest BCUT2D eigenvalue weighted by atomic mass is 9.98. The first-order valence-corrected chi connectivity index (χ1v) is 6.52. The van der Waals surface area contributed by atoms with Crippen molar-refractivity contribution in [2.45, 2.75) is 26.4 Å². The van der Waals surface area contributed by atoms with Gasteiger partial charge < -0.3 is 5.11 Å². The Kier molecular flexibility index (Phi) is 4.05. The number of hydrogen-bond acceptors (Lipinski definition) is 1. The van der Waals surface area contributed by atoms with Gasteiger partial charge in [-0.15, -0.1) is 0 Å². The summed E-state index contributed by atoms with van der Waals surface area (Å²) in [6.07, 6.45) is 0.351. The minimum absolute atomic E-state index is 0.617. The van der Waals surface area contributed by atoms with Crippen LogP contribution < -0.4 is 0 Å². The standard InChI is InChI=1S/C16H17ClO/c1-3-12-5-4-6-13(9-12)16(18)14-7-11(2)8-15(17)10-14/h4-10,16,18H,3H2,1-2H3. The second-order valence-corrected chi connectivity index (χ2v) is 5.00. The molecule has 1 N–H and O–H groups in total. The Morgan fingerprint density at radius 2 is 1.89 bits per heavy atom. The molecule has 0 aliphatic rings. The highest BCUT2D eigenvalue weighted by molar-refractivity contribution is 6.30. The van der Waals surface area contributed by atoms with Crippen molar-refractivity contribution in [2.24, 2.45) is 0 Å². The number of benzene rings is 2. The molecule has 0 aromatic heterocycles. The van der Waals surface area contributed by atoms with E-state index >= 15 is 0 Å². The zero-order valence-electron chi connectivity index (χ0n) is 10.7. The number of rotatable bonds is 3. The molecule has 94 valence electrons. The van der Waals surface area contributed by atoms with Gasteiger partial charge in [-0.2, -0.15) is 0 Å². The van der Waals surface area contributed by atoms with Crippen molar-refractivity contribution in [3.63, 3.8) is 0 Å². The van der Waals surface area contributed by atoms with Crippen LogP contribution in [0.5, 0.6) is 0 Å². The fourth-order valence-corrected chi connectivity index (χ4v) is 2.40. The molecule has 1 unspecified atom stereocenters. The molecule has 2 heteroatoms. The van der Waals surface area contributed by atoms with Crippen LogP contribution >= 0.6 is 11.6 Å². The van der Waals surface area contributed by atoms with Gasteiger partial charge in [-0.3, -0.25) is 0 Å². The highest BCUT2D eigenvalue weighted by Crippen LogP contribution is 2.26. The second-order valence-electron chi connectivity index (χ2n) is 4.56. The summed E-state index contributed by atoms with van der Waals surface area (Å²) in [6.45, 7) is 4.08. The minimum Gasteiger partial charge on any atom is -0.384 e. The van der Waals surface area contributed by atoms with E-state index in [0.717, 1.165) is 23.1 Å². The molecule has 0 amide bonds. The number of halogens is 1. The third kappa shape index (κ3) is 2.92. The van der Waals surface area contributed by atoms with E-state index in [1.807, 2.05) is 43.3 Å². The van der Waals surface area contributed by atoms with Gasteiger partial charge in [0.25, 0.3) is 0 Å². The van der Waals surface area contributed by atoms with Crippen molar-refractivity contribution >= 4 is 11.6 Å². The van der Waals surface area contributed by atoms with E-state index in [1.165, 1.54) is 5.56 Å². The van der Waals surface area contributed by atoms with Crippen molar-refractivity contribution in [3.05, 3.63) is 69.7 Å². The lowest BCUT2D eigenvalue weighted by Crippen LogP contribution is -2.00. The Bertz CT molecular complexity index is 528.